The molecule has 1 aliphatic carbocycles. The van der Waals surface area contributed by atoms with Crippen LogP contribution in [0.2, 0.25) is 0 Å². The lowest BCUT2D eigenvalue weighted by Crippen LogP contribution is -2.46. The number of hydrogen-bond donors (Lipinski definition) is 2. The molecule has 118 valence electrons. The van der Waals surface area contributed by atoms with Crippen LogP contribution in [0, 0.1) is 0 Å². The fourth-order valence-electron chi connectivity index (χ4n) is 2.63. The van der Waals surface area contributed by atoms with Gasteiger partial charge in [0.05, 0.1) is 12.1 Å². The molecule has 0 bridgehead atoms. The topological polar surface area (TPSA) is 82.7 Å². The minimum atomic E-state index is -0.445. The molecule has 1 aliphatic rings. The van der Waals surface area contributed by atoms with Gasteiger partial charge in [0.2, 0.25) is 0 Å². The van der Waals surface area contributed by atoms with Crippen LogP contribution in [0.1, 0.15) is 42.3 Å². The molecule has 0 saturated heterocycles. The predicted octanol–water partition coefficient (Wildman–Crippen LogP) is 1.56. The highest BCUT2D eigenvalue weighted by Crippen LogP contribution is 2.30. The van der Waals surface area contributed by atoms with E-state index in [2.05, 4.69) is 4.98 Å². The lowest BCUT2D eigenvalue weighted by molar-refractivity contribution is 0.0271. The van der Waals surface area contributed by atoms with Gasteiger partial charge in [0.15, 0.2) is 5.13 Å². The molecule has 1 heterocycles. The number of aliphatic hydroxyl groups excluding tert-OH is 1. The Hall–Kier alpha value is -1.34. The molecule has 0 aliphatic heterocycles. The highest BCUT2D eigenvalue weighted by Gasteiger charge is 2.31. The Labute approximate surface area is 129 Å². The largest absolute Gasteiger partial charge is 0.391 e. The number of rotatable bonds is 4. The summed E-state index contributed by atoms with van der Waals surface area (Å²) in [6.07, 6.45) is 3.21. The quantitative estimate of drug-likeness (QED) is 0.881. The van der Waals surface area contributed by atoms with Crippen molar-refractivity contribution in [3.63, 3.8) is 0 Å². The van der Waals surface area contributed by atoms with Gasteiger partial charge in [-0.2, -0.15) is 0 Å². The number of carbonyl (C=O) groups is 1. The fraction of sp³-hybridized carbons (Fsp3) is 0.714. The second-order valence-electron chi connectivity index (χ2n) is 5.56. The first kappa shape index (κ1) is 16.0. The maximum Gasteiger partial charge on any atom is 0.267 e. The number of aromatic nitrogens is 1. The number of nitrogens with zero attached hydrogens (tertiary/aromatic N) is 3. The van der Waals surface area contributed by atoms with E-state index in [0.717, 1.165) is 37.4 Å². The number of anilines is 2. The van der Waals surface area contributed by atoms with Gasteiger partial charge in [-0.25, -0.2) is 4.98 Å². The first-order valence-electron chi connectivity index (χ1n) is 7.38. The van der Waals surface area contributed by atoms with Crippen LogP contribution in [0.4, 0.5) is 10.9 Å². The molecular weight excluding hydrogens is 288 g/mol. The molecular formula is C14H24N4O2S. The normalized spacial score (nSPS) is 22.1. The van der Waals surface area contributed by atoms with Crippen molar-refractivity contribution in [2.24, 2.45) is 0 Å². The average molecular weight is 312 g/mol. The van der Waals surface area contributed by atoms with Crippen LogP contribution >= 0.6 is 11.3 Å². The molecule has 7 heteroatoms. The molecule has 2 unspecified atom stereocenters. The van der Waals surface area contributed by atoms with Gasteiger partial charge in [0.25, 0.3) is 5.91 Å². The van der Waals surface area contributed by atoms with Gasteiger partial charge in [-0.3, -0.25) is 4.79 Å². The zero-order valence-electron chi connectivity index (χ0n) is 12.9. The summed E-state index contributed by atoms with van der Waals surface area (Å²) in [5.41, 5.74) is 5.90. The van der Waals surface area contributed by atoms with Crippen LogP contribution in [0.5, 0.6) is 0 Å². The summed E-state index contributed by atoms with van der Waals surface area (Å²) in [4.78, 5) is 20.9. The highest BCUT2D eigenvalue weighted by molar-refractivity contribution is 7.18. The zero-order chi connectivity index (χ0) is 15.6. The van der Waals surface area contributed by atoms with Crippen LogP contribution in [-0.2, 0) is 0 Å². The van der Waals surface area contributed by atoms with E-state index in [4.69, 9.17) is 5.73 Å². The first-order valence-corrected chi connectivity index (χ1v) is 8.20. The molecule has 2 atom stereocenters. The number of aliphatic hydroxyl groups is 1. The van der Waals surface area contributed by atoms with Gasteiger partial charge in [0.1, 0.15) is 10.7 Å². The van der Waals surface area contributed by atoms with E-state index in [-0.39, 0.29) is 17.8 Å². The van der Waals surface area contributed by atoms with Gasteiger partial charge in [-0.1, -0.05) is 24.2 Å². The summed E-state index contributed by atoms with van der Waals surface area (Å²) in [5, 5.41) is 10.8. The molecule has 1 aromatic rings. The number of thiazole rings is 1. The molecule has 0 aromatic carbocycles. The van der Waals surface area contributed by atoms with Crippen molar-refractivity contribution in [2.75, 3.05) is 31.3 Å². The summed E-state index contributed by atoms with van der Waals surface area (Å²) in [7, 11) is 3.66. The average Bonchev–Trinajstić information content (AvgIpc) is 2.87. The molecule has 0 spiro atoms. The molecule has 0 radical (unpaired) electrons. The van der Waals surface area contributed by atoms with E-state index in [1.807, 2.05) is 18.9 Å². The zero-order valence-corrected chi connectivity index (χ0v) is 13.7. The molecule has 2 rings (SSSR count). The van der Waals surface area contributed by atoms with Crippen LogP contribution < -0.4 is 10.6 Å². The Kier molecular flexibility index (Phi) is 5.05. The molecule has 1 amide bonds. The molecule has 1 aromatic heterocycles. The Morgan fingerprint density at radius 3 is 2.71 bits per heavy atom. The fourth-order valence-corrected chi connectivity index (χ4v) is 3.62. The van der Waals surface area contributed by atoms with E-state index >= 15 is 0 Å². The molecule has 1 saturated carbocycles. The summed E-state index contributed by atoms with van der Waals surface area (Å²) in [5.74, 6) is 0.129. The minimum absolute atomic E-state index is 0.125. The molecule has 6 nitrogen and oxygen atoms in total. The van der Waals surface area contributed by atoms with Crippen molar-refractivity contribution < 1.29 is 9.90 Å². The molecule has 1 fully saturated rings. The third-order valence-electron chi connectivity index (χ3n) is 4.15. The Morgan fingerprint density at radius 1 is 1.43 bits per heavy atom. The van der Waals surface area contributed by atoms with E-state index < -0.39 is 6.10 Å². The lowest BCUT2D eigenvalue weighted by Gasteiger charge is -2.34. The summed E-state index contributed by atoms with van der Waals surface area (Å²) < 4.78 is 0. The van der Waals surface area contributed by atoms with Crippen molar-refractivity contribution in [1.82, 2.24) is 9.88 Å². The predicted molar refractivity (Wildman–Crippen MR) is 85.8 cm³/mol. The van der Waals surface area contributed by atoms with Crippen molar-refractivity contribution in [3.8, 4) is 0 Å². The minimum Gasteiger partial charge on any atom is -0.391 e. The second kappa shape index (κ2) is 6.62. The number of amides is 1. The van der Waals surface area contributed by atoms with Gasteiger partial charge < -0.3 is 20.6 Å². The first-order chi connectivity index (χ1) is 9.95. The molecule has 21 heavy (non-hydrogen) atoms. The third kappa shape index (κ3) is 3.29. The highest BCUT2D eigenvalue weighted by atomic mass is 32.1. The number of nitrogen functional groups attached to an aromatic ring is 1. The maximum atomic E-state index is 12.6. The van der Waals surface area contributed by atoms with Gasteiger partial charge in [0, 0.05) is 20.6 Å². The smallest absolute Gasteiger partial charge is 0.267 e. The van der Waals surface area contributed by atoms with Crippen LogP contribution in [0.15, 0.2) is 0 Å². The van der Waals surface area contributed by atoms with E-state index in [1.165, 1.54) is 11.3 Å². The third-order valence-corrected chi connectivity index (χ3v) is 5.32. The number of nitrogens with two attached hydrogens (primary N) is 1. The Morgan fingerprint density at radius 2 is 2.10 bits per heavy atom. The lowest BCUT2D eigenvalue weighted by atomic mass is 9.91. The van der Waals surface area contributed by atoms with E-state index in [1.54, 1.807) is 11.9 Å². The standard InChI is InChI=1S/C14H24N4O2S/c1-4-17(2)14-16-12(15)11(21-14)13(20)18(3)9-7-5-6-8-10(9)19/h9-10,19H,4-8,15H2,1-3H3. The van der Waals surface area contributed by atoms with Crippen LogP contribution in [0.3, 0.4) is 0 Å². The number of hydrogen-bond acceptors (Lipinski definition) is 6. The van der Waals surface area contributed by atoms with Crippen LogP contribution in [0.25, 0.3) is 0 Å². The monoisotopic (exact) mass is 312 g/mol. The van der Waals surface area contributed by atoms with E-state index in [9.17, 15) is 9.90 Å². The van der Waals surface area contributed by atoms with Crippen molar-refractivity contribution in [1.29, 1.82) is 0 Å². The SMILES string of the molecule is CCN(C)c1nc(N)c(C(=O)N(C)C2CCCCC2O)s1. The molecule has 3 N–H and O–H groups in total. The van der Waals surface area contributed by atoms with Gasteiger partial charge in [-0.05, 0) is 19.8 Å². The van der Waals surface area contributed by atoms with Crippen molar-refractivity contribution in [3.05, 3.63) is 4.88 Å². The van der Waals surface area contributed by atoms with Crippen molar-refractivity contribution >= 4 is 28.2 Å². The number of likely N-dealkylation sites (N-methyl/N-ethyl adjacent to an activating group) is 1. The summed E-state index contributed by atoms with van der Waals surface area (Å²) >= 11 is 1.31. The Balaban J connectivity index is 2.17. The van der Waals surface area contributed by atoms with Crippen molar-refractivity contribution in [2.45, 2.75) is 44.8 Å². The van der Waals surface area contributed by atoms with Crippen LogP contribution in [-0.4, -0.2) is 53.7 Å². The summed E-state index contributed by atoms with van der Waals surface area (Å²) in [6, 6.07) is -0.125. The Bertz CT molecular complexity index is 505. The number of carbonyl (C=O) groups excluding carboxylic acids is 1. The maximum absolute atomic E-state index is 12.6. The summed E-state index contributed by atoms with van der Waals surface area (Å²) in [6.45, 7) is 2.82. The van der Waals surface area contributed by atoms with Gasteiger partial charge >= 0.3 is 0 Å². The second-order valence-corrected chi connectivity index (χ2v) is 6.54. The van der Waals surface area contributed by atoms with Gasteiger partial charge in [-0.15, -0.1) is 0 Å². The van der Waals surface area contributed by atoms with E-state index in [0.29, 0.717) is 4.88 Å².